The van der Waals surface area contributed by atoms with Gasteiger partial charge in [-0.25, -0.2) is 0 Å². The Hall–Kier alpha value is -0.860. The lowest BCUT2D eigenvalue weighted by molar-refractivity contribution is 0.162. The second-order valence-corrected chi connectivity index (χ2v) is 5.73. The summed E-state index contributed by atoms with van der Waals surface area (Å²) < 4.78 is 0. The van der Waals surface area contributed by atoms with Gasteiger partial charge in [-0.3, -0.25) is 4.90 Å². The fourth-order valence-corrected chi connectivity index (χ4v) is 3.35. The Labute approximate surface area is 118 Å². The van der Waals surface area contributed by atoms with E-state index >= 15 is 0 Å². The molecule has 0 saturated heterocycles. The molecule has 2 nitrogen and oxygen atoms in total. The Balaban J connectivity index is 2.01. The van der Waals surface area contributed by atoms with Gasteiger partial charge in [0.2, 0.25) is 0 Å². The van der Waals surface area contributed by atoms with E-state index in [2.05, 4.69) is 43.0 Å². The summed E-state index contributed by atoms with van der Waals surface area (Å²) in [5, 5.41) is 0. The van der Waals surface area contributed by atoms with Crippen molar-refractivity contribution in [1.82, 2.24) is 4.90 Å². The Morgan fingerprint density at radius 3 is 2.37 bits per heavy atom. The van der Waals surface area contributed by atoms with Gasteiger partial charge in [0, 0.05) is 12.6 Å². The van der Waals surface area contributed by atoms with Crippen LogP contribution in [-0.2, 0) is 13.0 Å². The molecule has 1 aliphatic carbocycles. The van der Waals surface area contributed by atoms with Crippen molar-refractivity contribution in [2.75, 3.05) is 13.1 Å². The molecule has 19 heavy (non-hydrogen) atoms. The Bertz CT molecular complexity index is 371. The van der Waals surface area contributed by atoms with Gasteiger partial charge in [-0.2, -0.15) is 0 Å². The Morgan fingerprint density at radius 1 is 1.11 bits per heavy atom. The maximum absolute atomic E-state index is 5.92. The van der Waals surface area contributed by atoms with Crippen LogP contribution < -0.4 is 5.73 Å². The molecule has 0 amide bonds. The predicted octanol–water partition coefficient (Wildman–Crippen LogP) is 3.20. The molecule has 1 aliphatic rings. The molecule has 2 atom stereocenters. The highest BCUT2D eigenvalue weighted by Gasteiger charge is 2.30. The van der Waals surface area contributed by atoms with Crippen LogP contribution in [0.4, 0.5) is 0 Å². The van der Waals surface area contributed by atoms with E-state index < -0.39 is 0 Å². The zero-order valence-corrected chi connectivity index (χ0v) is 12.4. The van der Waals surface area contributed by atoms with Crippen LogP contribution in [0, 0.1) is 5.92 Å². The van der Waals surface area contributed by atoms with Crippen LogP contribution in [0.3, 0.4) is 0 Å². The summed E-state index contributed by atoms with van der Waals surface area (Å²) in [5.74, 6) is 0.704. The highest BCUT2D eigenvalue weighted by molar-refractivity contribution is 5.22. The lowest BCUT2D eigenvalue weighted by atomic mass is 10.0. The molecule has 0 radical (unpaired) electrons. The molecule has 2 rings (SSSR count). The van der Waals surface area contributed by atoms with Crippen LogP contribution in [0.1, 0.15) is 44.2 Å². The molecule has 106 valence electrons. The van der Waals surface area contributed by atoms with E-state index in [4.69, 9.17) is 5.73 Å². The molecule has 1 saturated carbocycles. The van der Waals surface area contributed by atoms with E-state index in [0.717, 1.165) is 26.1 Å². The van der Waals surface area contributed by atoms with Gasteiger partial charge in [-0.1, -0.05) is 44.5 Å². The molecule has 0 spiro atoms. The average molecular weight is 260 g/mol. The summed E-state index contributed by atoms with van der Waals surface area (Å²) in [5.41, 5.74) is 8.78. The van der Waals surface area contributed by atoms with Crippen molar-refractivity contribution in [2.24, 2.45) is 11.7 Å². The molecule has 1 fully saturated rings. The van der Waals surface area contributed by atoms with Crippen molar-refractivity contribution >= 4 is 0 Å². The fraction of sp³-hybridized carbons (Fsp3) is 0.647. The summed E-state index contributed by atoms with van der Waals surface area (Å²) in [4.78, 5) is 2.62. The van der Waals surface area contributed by atoms with Gasteiger partial charge < -0.3 is 5.73 Å². The zero-order valence-electron chi connectivity index (χ0n) is 12.4. The van der Waals surface area contributed by atoms with Gasteiger partial charge in [-0.15, -0.1) is 0 Å². The largest absolute Gasteiger partial charge is 0.330 e. The SMILES string of the molecule is CCc1ccc(CN(CC)C2CCCC2CN)cc1. The minimum Gasteiger partial charge on any atom is -0.330 e. The lowest BCUT2D eigenvalue weighted by Crippen LogP contribution is -2.39. The molecule has 2 heteroatoms. The summed E-state index contributed by atoms with van der Waals surface area (Å²) >= 11 is 0. The molecule has 1 aromatic carbocycles. The highest BCUT2D eigenvalue weighted by Crippen LogP contribution is 2.30. The van der Waals surface area contributed by atoms with Gasteiger partial charge in [0.15, 0.2) is 0 Å². The first kappa shape index (κ1) is 14.5. The first-order valence-electron chi connectivity index (χ1n) is 7.80. The van der Waals surface area contributed by atoms with E-state index in [1.807, 2.05) is 0 Å². The molecular formula is C17H28N2. The average Bonchev–Trinajstić information content (AvgIpc) is 2.93. The zero-order chi connectivity index (χ0) is 13.7. The molecule has 0 bridgehead atoms. The number of nitrogens with two attached hydrogens (primary N) is 1. The van der Waals surface area contributed by atoms with Crippen LogP contribution in [0.5, 0.6) is 0 Å². The normalized spacial score (nSPS) is 23.2. The maximum Gasteiger partial charge on any atom is 0.0236 e. The van der Waals surface area contributed by atoms with E-state index in [0.29, 0.717) is 12.0 Å². The first-order chi connectivity index (χ1) is 9.28. The summed E-state index contributed by atoms with van der Waals surface area (Å²) in [6.07, 6.45) is 5.10. The molecule has 2 unspecified atom stereocenters. The van der Waals surface area contributed by atoms with Gasteiger partial charge in [0.05, 0.1) is 0 Å². The molecule has 2 N–H and O–H groups in total. The molecular weight excluding hydrogens is 232 g/mol. The molecule has 1 aromatic rings. The van der Waals surface area contributed by atoms with Gasteiger partial charge in [-0.05, 0) is 49.4 Å². The van der Waals surface area contributed by atoms with Crippen LogP contribution in [0.15, 0.2) is 24.3 Å². The van der Waals surface area contributed by atoms with E-state index in [1.165, 1.54) is 30.4 Å². The van der Waals surface area contributed by atoms with Crippen molar-refractivity contribution in [3.63, 3.8) is 0 Å². The number of hydrogen-bond donors (Lipinski definition) is 1. The summed E-state index contributed by atoms with van der Waals surface area (Å²) in [7, 11) is 0. The maximum atomic E-state index is 5.92. The number of aryl methyl sites for hydroxylation is 1. The third kappa shape index (κ3) is 3.58. The standard InChI is InChI=1S/C17H28N2/c1-3-14-8-10-15(11-9-14)13-19(4-2)17-7-5-6-16(17)12-18/h8-11,16-17H,3-7,12-13,18H2,1-2H3. The number of rotatable bonds is 6. The molecule has 0 aromatic heterocycles. The predicted molar refractivity (Wildman–Crippen MR) is 82.1 cm³/mol. The minimum absolute atomic E-state index is 0.695. The number of benzene rings is 1. The Kier molecular flexibility index (Phi) is 5.41. The molecule has 0 heterocycles. The van der Waals surface area contributed by atoms with Crippen molar-refractivity contribution in [3.05, 3.63) is 35.4 Å². The lowest BCUT2D eigenvalue weighted by Gasteiger charge is -2.31. The fourth-order valence-electron chi connectivity index (χ4n) is 3.35. The third-order valence-electron chi connectivity index (χ3n) is 4.61. The summed E-state index contributed by atoms with van der Waals surface area (Å²) in [6, 6.07) is 9.79. The topological polar surface area (TPSA) is 29.3 Å². The highest BCUT2D eigenvalue weighted by atomic mass is 15.2. The second-order valence-electron chi connectivity index (χ2n) is 5.73. The first-order valence-corrected chi connectivity index (χ1v) is 7.80. The van der Waals surface area contributed by atoms with Crippen LogP contribution in [0.2, 0.25) is 0 Å². The van der Waals surface area contributed by atoms with E-state index in [1.54, 1.807) is 0 Å². The molecule has 0 aliphatic heterocycles. The van der Waals surface area contributed by atoms with Crippen LogP contribution >= 0.6 is 0 Å². The van der Waals surface area contributed by atoms with E-state index in [9.17, 15) is 0 Å². The number of nitrogens with zero attached hydrogens (tertiary/aromatic N) is 1. The quantitative estimate of drug-likeness (QED) is 0.851. The van der Waals surface area contributed by atoms with Crippen LogP contribution in [-0.4, -0.2) is 24.0 Å². The second kappa shape index (κ2) is 7.06. The van der Waals surface area contributed by atoms with Crippen molar-refractivity contribution < 1.29 is 0 Å². The van der Waals surface area contributed by atoms with Crippen molar-refractivity contribution in [1.29, 1.82) is 0 Å². The van der Waals surface area contributed by atoms with E-state index in [-0.39, 0.29) is 0 Å². The van der Waals surface area contributed by atoms with Gasteiger partial charge in [0.1, 0.15) is 0 Å². The van der Waals surface area contributed by atoms with Gasteiger partial charge >= 0.3 is 0 Å². The van der Waals surface area contributed by atoms with Gasteiger partial charge in [0.25, 0.3) is 0 Å². The monoisotopic (exact) mass is 260 g/mol. The third-order valence-corrected chi connectivity index (χ3v) is 4.61. The number of hydrogen-bond acceptors (Lipinski definition) is 2. The smallest absolute Gasteiger partial charge is 0.0236 e. The van der Waals surface area contributed by atoms with Crippen LogP contribution in [0.25, 0.3) is 0 Å². The minimum atomic E-state index is 0.695. The summed E-state index contributed by atoms with van der Waals surface area (Å²) in [6.45, 7) is 7.51. The van der Waals surface area contributed by atoms with Crippen molar-refractivity contribution in [3.8, 4) is 0 Å². The Morgan fingerprint density at radius 2 is 1.79 bits per heavy atom. The van der Waals surface area contributed by atoms with Crippen molar-refractivity contribution in [2.45, 2.75) is 52.1 Å².